The summed E-state index contributed by atoms with van der Waals surface area (Å²) >= 11 is 3.43. The number of nitrogens with one attached hydrogen (secondary N) is 1. The Kier molecular flexibility index (Phi) is 4.95. The van der Waals surface area contributed by atoms with Gasteiger partial charge in [-0.3, -0.25) is 0 Å². The molecule has 112 valence electrons. The van der Waals surface area contributed by atoms with Gasteiger partial charge in [0.1, 0.15) is 5.75 Å². The molecule has 0 amide bonds. The van der Waals surface area contributed by atoms with E-state index in [1.807, 2.05) is 51.0 Å². The van der Waals surface area contributed by atoms with Crippen molar-refractivity contribution in [3.8, 4) is 11.8 Å². The van der Waals surface area contributed by atoms with Crippen LogP contribution in [0.25, 0.3) is 0 Å². The van der Waals surface area contributed by atoms with Crippen LogP contribution in [0.15, 0.2) is 22.7 Å². The Bertz CT molecular complexity index is 633. The number of ether oxygens (including phenoxy) is 1. The first-order chi connectivity index (χ1) is 9.99. The topological polar surface area (TPSA) is 63.2 Å². The third-order valence-corrected chi connectivity index (χ3v) is 3.17. The van der Waals surface area contributed by atoms with E-state index in [0.29, 0.717) is 11.9 Å². The molecule has 1 N–H and O–H groups in total. The summed E-state index contributed by atoms with van der Waals surface area (Å²) in [6.07, 6.45) is 0. The lowest BCUT2D eigenvalue weighted by molar-refractivity contribution is 0.437. The Morgan fingerprint density at radius 3 is 2.62 bits per heavy atom. The van der Waals surface area contributed by atoms with E-state index in [1.54, 1.807) is 0 Å². The van der Waals surface area contributed by atoms with Gasteiger partial charge >= 0.3 is 6.01 Å². The van der Waals surface area contributed by atoms with Crippen molar-refractivity contribution in [2.24, 2.45) is 0 Å². The average molecular weight is 352 g/mol. The van der Waals surface area contributed by atoms with Crippen LogP contribution in [-0.4, -0.2) is 35.6 Å². The van der Waals surface area contributed by atoms with Crippen LogP contribution in [-0.2, 0) is 0 Å². The minimum Gasteiger partial charge on any atom is -0.424 e. The van der Waals surface area contributed by atoms with Gasteiger partial charge in [0.25, 0.3) is 0 Å². The molecule has 0 spiro atoms. The second-order valence-electron chi connectivity index (χ2n) is 4.68. The molecule has 2 aromatic rings. The Balaban J connectivity index is 2.33. The molecule has 1 aromatic heterocycles. The Labute approximate surface area is 132 Å². The summed E-state index contributed by atoms with van der Waals surface area (Å²) in [5, 5.41) is 3.08. The summed E-state index contributed by atoms with van der Waals surface area (Å²) in [5.41, 5.74) is 1.00. The largest absolute Gasteiger partial charge is 0.424 e. The monoisotopic (exact) mass is 351 g/mol. The maximum Gasteiger partial charge on any atom is 0.328 e. The van der Waals surface area contributed by atoms with Crippen LogP contribution in [0.4, 0.5) is 11.9 Å². The van der Waals surface area contributed by atoms with Crippen molar-refractivity contribution in [2.45, 2.75) is 13.8 Å². The van der Waals surface area contributed by atoms with E-state index < -0.39 is 0 Å². The lowest BCUT2D eigenvalue weighted by Gasteiger charge is -2.13. The first-order valence-electron chi connectivity index (χ1n) is 6.61. The second kappa shape index (κ2) is 6.71. The summed E-state index contributed by atoms with van der Waals surface area (Å²) in [7, 11) is 3.75. The van der Waals surface area contributed by atoms with E-state index in [2.05, 4.69) is 36.2 Å². The maximum atomic E-state index is 5.79. The number of aromatic nitrogens is 3. The van der Waals surface area contributed by atoms with Crippen molar-refractivity contribution in [1.29, 1.82) is 0 Å². The highest BCUT2D eigenvalue weighted by Gasteiger charge is 2.11. The van der Waals surface area contributed by atoms with Gasteiger partial charge in [0.05, 0.1) is 0 Å². The number of aryl methyl sites for hydroxylation is 1. The summed E-state index contributed by atoms with van der Waals surface area (Å²) in [6, 6.07) is 6.05. The summed E-state index contributed by atoms with van der Waals surface area (Å²) in [4.78, 5) is 14.7. The van der Waals surface area contributed by atoms with Crippen molar-refractivity contribution in [3.63, 3.8) is 0 Å². The molecule has 2 rings (SSSR count). The van der Waals surface area contributed by atoms with E-state index in [0.717, 1.165) is 22.3 Å². The predicted molar refractivity (Wildman–Crippen MR) is 87.3 cm³/mol. The molecule has 1 aromatic carbocycles. The fourth-order valence-corrected chi connectivity index (χ4v) is 2.13. The molecule has 0 aliphatic rings. The number of hydrogen-bond acceptors (Lipinski definition) is 6. The van der Waals surface area contributed by atoms with E-state index in [9.17, 15) is 0 Å². The van der Waals surface area contributed by atoms with E-state index in [1.165, 1.54) is 0 Å². The van der Waals surface area contributed by atoms with Crippen LogP contribution in [0.1, 0.15) is 12.5 Å². The lowest BCUT2D eigenvalue weighted by atomic mass is 10.2. The van der Waals surface area contributed by atoms with Crippen LogP contribution < -0.4 is 15.0 Å². The quantitative estimate of drug-likeness (QED) is 0.891. The zero-order chi connectivity index (χ0) is 15.4. The highest BCUT2D eigenvalue weighted by Crippen LogP contribution is 2.26. The molecule has 0 saturated carbocycles. The SMILES string of the molecule is CCNc1nc(Oc2ccc(Br)cc2C)nc(N(C)C)n1. The van der Waals surface area contributed by atoms with Crippen LogP contribution in [0.2, 0.25) is 0 Å². The van der Waals surface area contributed by atoms with Crippen molar-refractivity contribution in [3.05, 3.63) is 28.2 Å². The van der Waals surface area contributed by atoms with Crippen molar-refractivity contribution >= 4 is 27.8 Å². The fourth-order valence-electron chi connectivity index (χ4n) is 1.65. The van der Waals surface area contributed by atoms with E-state index in [4.69, 9.17) is 4.74 Å². The third-order valence-electron chi connectivity index (χ3n) is 2.68. The molecule has 0 radical (unpaired) electrons. The Morgan fingerprint density at radius 1 is 1.24 bits per heavy atom. The van der Waals surface area contributed by atoms with Gasteiger partial charge in [0.15, 0.2) is 0 Å². The first kappa shape index (κ1) is 15.5. The third kappa shape index (κ3) is 4.04. The highest BCUT2D eigenvalue weighted by molar-refractivity contribution is 9.10. The molecule has 6 nitrogen and oxygen atoms in total. The van der Waals surface area contributed by atoms with Crippen molar-refractivity contribution in [2.75, 3.05) is 30.9 Å². The lowest BCUT2D eigenvalue weighted by Crippen LogP contribution is -2.15. The minimum atomic E-state index is 0.273. The molecule has 0 atom stereocenters. The van der Waals surface area contributed by atoms with Gasteiger partial charge in [0, 0.05) is 25.1 Å². The number of rotatable bonds is 5. The normalized spacial score (nSPS) is 10.3. The van der Waals surface area contributed by atoms with Gasteiger partial charge in [-0.15, -0.1) is 0 Å². The fraction of sp³-hybridized carbons (Fsp3) is 0.357. The van der Waals surface area contributed by atoms with E-state index in [-0.39, 0.29) is 6.01 Å². The van der Waals surface area contributed by atoms with Crippen LogP contribution >= 0.6 is 15.9 Å². The second-order valence-corrected chi connectivity index (χ2v) is 5.59. The number of halogens is 1. The standard InChI is InChI=1S/C14H18BrN5O/c1-5-16-12-17-13(20(3)4)19-14(18-12)21-11-7-6-10(15)8-9(11)2/h6-8H,5H2,1-4H3,(H,16,17,18,19). The number of nitrogens with zero attached hydrogens (tertiary/aromatic N) is 4. The molecular weight excluding hydrogens is 334 g/mol. The zero-order valence-corrected chi connectivity index (χ0v) is 14.1. The molecule has 1 heterocycles. The van der Waals surface area contributed by atoms with Crippen LogP contribution in [0.3, 0.4) is 0 Å². The summed E-state index contributed by atoms with van der Waals surface area (Å²) in [5.74, 6) is 1.77. The highest BCUT2D eigenvalue weighted by atomic mass is 79.9. The molecule has 0 unspecified atom stereocenters. The smallest absolute Gasteiger partial charge is 0.328 e. The van der Waals surface area contributed by atoms with E-state index >= 15 is 0 Å². The maximum absolute atomic E-state index is 5.79. The first-order valence-corrected chi connectivity index (χ1v) is 7.40. The molecule has 0 aliphatic carbocycles. The molecule has 0 aliphatic heterocycles. The molecule has 21 heavy (non-hydrogen) atoms. The molecular formula is C14H18BrN5O. The van der Waals surface area contributed by atoms with Crippen molar-refractivity contribution in [1.82, 2.24) is 15.0 Å². The summed E-state index contributed by atoms with van der Waals surface area (Å²) in [6.45, 7) is 4.69. The summed E-state index contributed by atoms with van der Waals surface area (Å²) < 4.78 is 6.80. The van der Waals surface area contributed by atoms with Crippen LogP contribution in [0.5, 0.6) is 11.8 Å². The van der Waals surface area contributed by atoms with Gasteiger partial charge in [-0.05, 0) is 37.6 Å². The van der Waals surface area contributed by atoms with Gasteiger partial charge < -0.3 is 15.0 Å². The average Bonchev–Trinajstić information content (AvgIpc) is 2.42. The predicted octanol–water partition coefficient (Wildman–Crippen LogP) is 3.23. The van der Waals surface area contributed by atoms with Gasteiger partial charge in [-0.2, -0.15) is 15.0 Å². The Hall–Kier alpha value is -1.89. The number of hydrogen-bond donors (Lipinski definition) is 1. The molecule has 0 saturated heterocycles. The number of benzene rings is 1. The molecule has 7 heteroatoms. The van der Waals surface area contributed by atoms with Crippen molar-refractivity contribution < 1.29 is 4.74 Å². The van der Waals surface area contributed by atoms with Gasteiger partial charge in [-0.1, -0.05) is 15.9 Å². The van der Waals surface area contributed by atoms with Crippen LogP contribution in [0, 0.1) is 6.92 Å². The molecule has 0 bridgehead atoms. The van der Waals surface area contributed by atoms with Gasteiger partial charge in [0.2, 0.25) is 11.9 Å². The molecule has 0 fully saturated rings. The minimum absolute atomic E-state index is 0.273. The van der Waals surface area contributed by atoms with Gasteiger partial charge in [-0.25, -0.2) is 0 Å². The Morgan fingerprint density at radius 2 is 2.00 bits per heavy atom. The zero-order valence-electron chi connectivity index (χ0n) is 12.5. The number of anilines is 2.